The summed E-state index contributed by atoms with van der Waals surface area (Å²) in [6, 6.07) is 10.4. The Balaban J connectivity index is 1.57. The third-order valence-electron chi connectivity index (χ3n) is 4.18. The predicted molar refractivity (Wildman–Crippen MR) is 93.5 cm³/mol. The molecule has 6 heteroatoms. The van der Waals surface area contributed by atoms with Crippen molar-refractivity contribution in [1.82, 2.24) is 24.6 Å². The summed E-state index contributed by atoms with van der Waals surface area (Å²) in [4.78, 5) is 12.2. The summed E-state index contributed by atoms with van der Waals surface area (Å²) in [6.07, 6.45) is 3.17. The van der Waals surface area contributed by atoms with Crippen LogP contribution in [0.1, 0.15) is 31.3 Å². The Kier molecular flexibility index (Phi) is 4.93. The first-order chi connectivity index (χ1) is 11.7. The number of aryl methyl sites for hydroxylation is 3. The first-order valence-corrected chi connectivity index (χ1v) is 8.37. The van der Waals surface area contributed by atoms with Gasteiger partial charge in [-0.1, -0.05) is 25.1 Å². The van der Waals surface area contributed by atoms with Crippen LogP contribution in [0, 0.1) is 6.92 Å². The van der Waals surface area contributed by atoms with Gasteiger partial charge in [-0.2, -0.15) is 0 Å². The standard InChI is InChI=1S/C18H23N5O/c1-3-9-22-13-20-21-17(22)12-19-18(24)8-10-23-14(2)11-15-6-4-5-7-16(15)23/h4-7,11,13H,3,8-10,12H2,1-2H3,(H,19,24). The molecule has 1 amide bonds. The molecule has 0 unspecified atom stereocenters. The second kappa shape index (κ2) is 7.29. The predicted octanol–water partition coefficient (Wildman–Crippen LogP) is 2.66. The van der Waals surface area contributed by atoms with Crippen LogP contribution in [0.2, 0.25) is 0 Å². The molecule has 2 heterocycles. The zero-order valence-corrected chi connectivity index (χ0v) is 14.2. The van der Waals surface area contributed by atoms with Crippen LogP contribution in [0.5, 0.6) is 0 Å². The van der Waals surface area contributed by atoms with E-state index in [0.717, 1.165) is 18.8 Å². The molecular formula is C18H23N5O. The summed E-state index contributed by atoms with van der Waals surface area (Å²) in [7, 11) is 0. The SMILES string of the molecule is CCCn1cnnc1CNC(=O)CCn1c(C)cc2ccccc21. The third kappa shape index (κ3) is 3.48. The van der Waals surface area contributed by atoms with E-state index in [0.29, 0.717) is 19.5 Å². The van der Waals surface area contributed by atoms with Crippen molar-refractivity contribution >= 4 is 16.8 Å². The van der Waals surface area contributed by atoms with E-state index in [1.165, 1.54) is 16.6 Å². The van der Waals surface area contributed by atoms with Crippen molar-refractivity contribution in [3.8, 4) is 0 Å². The Bertz CT molecular complexity index is 833. The van der Waals surface area contributed by atoms with Crippen LogP contribution >= 0.6 is 0 Å². The summed E-state index contributed by atoms with van der Waals surface area (Å²) in [6.45, 7) is 6.14. The topological polar surface area (TPSA) is 64.7 Å². The molecule has 0 saturated carbocycles. The molecule has 0 bridgehead atoms. The molecule has 0 radical (unpaired) electrons. The van der Waals surface area contributed by atoms with Gasteiger partial charge >= 0.3 is 0 Å². The van der Waals surface area contributed by atoms with E-state index in [1.54, 1.807) is 6.33 Å². The Morgan fingerprint density at radius 3 is 2.92 bits per heavy atom. The summed E-state index contributed by atoms with van der Waals surface area (Å²) in [5.41, 5.74) is 2.34. The Morgan fingerprint density at radius 1 is 1.25 bits per heavy atom. The number of fused-ring (bicyclic) bond motifs is 1. The minimum Gasteiger partial charge on any atom is -0.349 e. The highest BCUT2D eigenvalue weighted by molar-refractivity contribution is 5.81. The lowest BCUT2D eigenvalue weighted by Crippen LogP contribution is -2.25. The molecular weight excluding hydrogens is 302 g/mol. The van der Waals surface area contributed by atoms with Crippen molar-refractivity contribution in [2.45, 2.75) is 46.3 Å². The van der Waals surface area contributed by atoms with Gasteiger partial charge in [0.1, 0.15) is 6.33 Å². The van der Waals surface area contributed by atoms with Gasteiger partial charge < -0.3 is 14.5 Å². The molecule has 0 saturated heterocycles. The van der Waals surface area contributed by atoms with Crippen molar-refractivity contribution in [3.63, 3.8) is 0 Å². The van der Waals surface area contributed by atoms with Crippen molar-refractivity contribution in [3.05, 3.63) is 48.2 Å². The van der Waals surface area contributed by atoms with Crippen LogP contribution in [0.3, 0.4) is 0 Å². The van der Waals surface area contributed by atoms with Crippen LogP contribution in [-0.4, -0.2) is 25.2 Å². The minimum absolute atomic E-state index is 0.0261. The lowest BCUT2D eigenvalue weighted by atomic mass is 10.2. The summed E-state index contributed by atoms with van der Waals surface area (Å²) in [5, 5.41) is 12.1. The number of nitrogens with one attached hydrogen (secondary N) is 1. The van der Waals surface area contributed by atoms with Crippen molar-refractivity contribution in [2.75, 3.05) is 0 Å². The summed E-state index contributed by atoms with van der Waals surface area (Å²) < 4.78 is 4.17. The van der Waals surface area contributed by atoms with Crippen molar-refractivity contribution in [1.29, 1.82) is 0 Å². The van der Waals surface area contributed by atoms with Crippen LogP contribution < -0.4 is 5.32 Å². The van der Waals surface area contributed by atoms with E-state index >= 15 is 0 Å². The maximum atomic E-state index is 12.2. The highest BCUT2D eigenvalue weighted by Crippen LogP contribution is 2.19. The summed E-state index contributed by atoms with van der Waals surface area (Å²) in [5.74, 6) is 0.825. The smallest absolute Gasteiger partial charge is 0.222 e. The maximum absolute atomic E-state index is 12.2. The molecule has 0 aliphatic heterocycles. The number of amides is 1. The molecule has 3 rings (SSSR count). The molecule has 3 aromatic rings. The van der Waals surface area contributed by atoms with Gasteiger partial charge in [0, 0.05) is 30.7 Å². The number of hydrogen-bond donors (Lipinski definition) is 1. The maximum Gasteiger partial charge on any atom is 0.222 e. The number of hydrogen-bond acceptors (Lipinski definition) is 3. The number of para-hydroxylation sites is 1. The fourth-order valence-electron chi connectivity index (χ4n) is 2.97. The Hall–Kier alpha value is -2.63. The van der Waals surface area contributed by atoms with E-state index in [4.69, 9.17) is 0 Å². The zero-order valence-electron chi connectivity index (χ0n) is 14.2. The molecule has 6 nitrogen and oxygen atoms in total. The van der Waals surface area contributed by atoms with Gasteiger partial charge in [0.2, 0.25) is 5.91 Å². The average molecular weight is 325 g/mol. The monoisotopic (exact) mass is 325 g/mol. The quantitative estimate of drug-likeness (QED) is 0.726. The largest absolute Gasteiger partial charge is 0.349 e. The normalized spacial score (nSPS) is 11.1. The van der Waals surface area contributed by atoms with Crippen LogP contribution in [-0.2, 0) is 24.4 Å². The highest BCUT2D eigenvalue weighted by atomic mass is 16.1. The molecule has 0 aliphatic rings. The molecule has 24 heavy (non-hydrogen) atoms. The van der Waals surface area contributed by atoms with Gasteiger partial charge in [-0.3, -0.25) is 4.79 Å². The first-order valence-electron chi connectivity index (χ1n) is 8.37. The van der Waals surface area contributed by atoms with E-state index < -0.39 is 0 Å². The lowest BCUT2D eigenvalue weighted by molar-refractivity contribution is -0.121. The molecule has 0 aliphatic carbocycles. The molecule has 1 N–H and O–H groups in total. The van der Waals surface area contributed by atoms with Crippen LogP contribution in [0.15, 0.2) is 36.7 Å². The second-order valence-corrected chi connectivity index (χ2v) is 5.96. The minimum atomic E-state index is 0.0261. The molecule has 0 atom stereocenters. The van der Waals surface area contributed by atoms with Crippen LogP contribution in [0.4, 0.5) is 0 Å². The number of aromatic nitrogens is 4. The highest BCUT2D eigenvalue weighted by Gasteiger charge is 2.09. The fraction of sp³-hybridized carbons (Fsp3) is 0.389. The molecule has 0 fully saturated rings. The van der Waals surface area contributed by atoms with E-state index in [-0.39, 0.29) is 5.91 Å². The number of carbonyl (C=O) groups excluding carboxylic acids is 1. The molecule has 126 valence electrons. The average Bonchev–Trinajstić information content (AvgIpc) is 3.15. The Morgan fingerprint density at radius 2 is 2.08 bits per heavy atom. The fourth-order valence-corrected chi connectivity index (χ4v) is 2.97. The van der Waals surface area contributed by atoms with E-state index in [2.05, 4.69) is 52.1 Å². The van der Waals surface area contributed by atoms with Crippen LogP contribution in [0.25, 0.3) is 10.9 Å². The van der Waals surface area contributed by atoms with Gasteiger partial charge in [0.05, 0.1) is 6.54 Å². The van der Waals surface area contributed by atoms with Gasteiger partial charge in [-0.05, 0) is 30.9 Å². The molecule has 1 aromatic carbocycles. The number of nitrogens with zero attached hydrogens (tertiary/aromatic N) is 4. The van der Waals surface area contributed by atoms with E-state index in [1.807, 2.05) is 16.7 Å². The van der Waals surface area contributed by atoms with Crippen molar-refractivity contribution in [2.24, 2.45) is 0 Å². The second-order valence-electron chi connectivity index (χ2n) is 5.96. The Labute approximate surface area is 141 Å². The van der Waals surface area contributed by atoms with Gasteiger partial charge in [-0.25, -0.2) is 0 Å². The first kappa shape index (κ1) is 16.2. The summed E-state index contributed by atoms with van der Waals surface area (Å²) >= 11 is 0. The third-order valence-corrected chi connectivity index (χ3v) is 4.18. The van der Waals surface area contributed by atoms with Gasteiger partial charge in [-0.15, -0.1) is 10.2 Å². The molecule has 2 aromatic heterocycles. The lowest BCUT2D eigenvalue weighted by Gasteiger charge is -2.09. The number of carbonyl (C=O) groups is 1. The number of rotatable bonds is 7. The number of benzene rings is 1. The zero-order chi connectivity index (χ0) is 16.9. The van der Waals surface area contributed by atoms with E-state index in [9.17, 15) is 4.79 Å². The van der Waals surface area contributed by atoms with Gasteiger partial charge in [0.15, 0.2) is 5.82 Å². The van der Waals surface area contributed by atoms with Gasteiger partial charge in [0.25, 0.3) is 0 Å². The van der Waals surface area contributed by atoms with Crippen molar-refractivity contribution < 1.29 is 4.79 Å². The molecule has 0 spiro atoms.